The zero-order valence-corrected chi connectivity index (χ0v) is 13.5. The summed E-state index contributed by atoms with van der Waals surface area (Å²) >= 11 is 0. The fourth-order valence-electron chi connectivity index (χ4n) is 3.30. The largest absolute Gasteiger partial charge is 0.388 e. The van der Waals surface area contributed by atoms with E-state index in [9.17, 15) is 9.90 Å². The minimum absolute atomic E-state index is 0.323. The number of hydrogen-bond donors (Lipinski definition) is 3. The zero-order chi connectivity index (χ0) is 17.2. The van der Waals surface area contributed by atoms with Crippen LogP contribution in [-0.4, -0.2) is 52.1 Å². The molecule has 2 fully saturated rings. The molecule has 0 radical (unpaired) electrons. The summed E-state index contributed by atoms with van der Waals surface area (Å²) in [5.41, 5.74) is 0.997. The molecule has 0 spiro atoms. The fourth-order valence-corrected chi connectivity index (χ4v) is 3.30. The molecule has 2 amide bonds. The number of carbonyl (C=O) groups excluding carboxylic acids is 1. The molecular weight excluding hydrogens is 324 g/mol. The molecule has 2 saturated heterocycles. The maximum atomic E-state index is 12.2. The SMILES string of the molecule is O=C(NCc1ccccc1)NC1C2COC(O2)C(n2cccn2)C1O. The predicted octanol–water partition coefficient (Wildman–Crippen LogP) is 0.408. The summed E-state index contributed by atoms with van der Waals surface area (Å²) in [5, 5.41) is 20.5. The second-order valence-corrected chi connectivity index (χ2v) is 6.18. The smallest absolute Gasteiger partial charge is 0.315 e. The number of aliphatic hydroxyl groups is 1. The van der Waals surface area contributed by atoms with Gasteiger partial charge in [0.25, 0.3) is 0 Å². The molecule has 4 rings (SSSR count). The number of nitrogens with one attached hydrogen (secondary N) is 2. The van der Waals surface area contributed by atoms with Gasteiger partial charge in [0.2, 0.25) is 0 Å². The second kappa shape index (κ2) is 6.83. The number of nitrogens with zero attached hydrogens (tertiary/aromatic N) is 2. The highest BCUT2D eigenvalue weighted by Crippen LogP contribution is 2.35. The van der Waals surface area contributed by atoms with Crippen LogP contribution in [0.1, 0.15) is 11.6 Å². The lowest BCUT2D eigenvalue weighted by atomic mass is 9.96. The topological polar surface area (TPSA) is 97.6 Å². The maximum Gasteiger partial charge on any atom is 0.315 e. The van der Waals surface area contributed by atoms with Crippen LogP contribution >= 0.6 is 0 Å². The average Bonchev–Trinajstić information content (AvgIpc) is 3.30. The van der Waals surface area contributed by atoms with Gasteiger partial charge in [0.15, 0.2) is 6.29 Å². The Morgan fingerprint density at radius 1 is 1.32 bits per heavy atom. The average molecular weight is 344 g/mol. The Morgan fingerprint density at radius 2 is 2.16 bits per heavy atom. The van der Waals surface area contributed by atoms with Crippen LogP contribution < -0.4 is 10.6 Å². The first-order valence-electron chi connectivity index (χ1n) is 8.25. The quantitative estimate of drug-likeness (QED) is 0.746. The van der Waals surface area contributed by atoms with Crippen molar-refractivity contribution in [3.05, 3.63) is 54.4 Å². The number of amides is 2. The van der Waals surface area contributed by atoms with Crippen molar-refractivity contribution in [2.24, 2.45) is 0 Å². The van der Waals surface area contributed by atoms with Gasteiger partial charge in [-0.2, -0.15) is 5.10 Å². The molecule has 25 heavy (non-hydrogen) atoms. The van der Waals surface area contributed by atoms with Gasteiger partial charge in [0.1, 0.15) is 18.2 Å². The summed E-state index contributed by atoms with van der Waals surface area (Å²) in [6.45, 7) is 0.728. The molecule has 5 atom stereocenters. The Morgan fingerprint density at radius 3 is 2.92 bits per heavy atom. The summed E-state index contributed by atoms with van der Waals surface area (Å²) in [6.07, 6.45) is 1.56. The van der Waals surface area contributed by atoms with Crippen LogP contribution in [0.25, 0.3) is 0 Å². The molecule has 2 bridgehead atoms. The molecule has 8 nitrogen and oxygen atoms in total. The van der Waals surface area contributed by atoms with Crippen LogP contribution in [0.4, 0.5) is 4.79 Å². The van der Waals surface area contributed by atoms with E-state index >= 15 is 0 Å². The van der Waals surface area contributed by atoms with E-state index in [0.717, 1.165) is 5.56 Å². The number of aromatic nitrogens is 2. The highest BCUT2D eigenvalue weighted by Gasteiger charge is 2.51. The molecule has 3 N–H and O–H groups in total. The lowest BCUT2D eigenvalue weighted by Gasteiger charge is -2.38. The normalized spacial score (nSPS) is 30.8. The van der Waals surface area contributed by atoms with Crippen molar-refractivity contribution < 1.29 is 19.4 Å². The van der Waals surface area contributed by atoms with Crippen molar-refractivity contribution in [1.82, 2.24) is 20.4 Å². The van der Waals surface area contributed by atoms with E-state index in [4.69, 9.17) is 9.47 Å². The molecule has 2 aliphatic heterocycles. The Kier molecular flexibility index (Phi) is 4.39. The zero-order valence-electron chi connectivity index (χ0n) is 13.5. The van der Waals surface area contributed by atoms with Gasteiger partial charge in [-0.15, -0.1) is 0 Å². The van der Waals surface area contributed by atoms with Crippen LogP contribution in [0, 0.1) is 0 Å². The minimum atomic E-state index is -0.867. The Balaban J connectivity index is 1.41. The van der Waals surface area contributed by atoms with Crippen LogP contribution in [0.5, 0.6) is 0 Å². The monoisotopic (exact) mass is 344 g/mol. The highest BCUT2D eigenvalue weighted by molar-refractivity contribution is 5.74. The molecule has 8 heteroatoms. The molecule has 0 saturated carbocycles. The summed E-state index contributed by atoms with van der Waals surface area (Å²) in [5.74, 6) is 0. The Labute approximate surface area is 144 Å². The summed E-state index contributed by atoms with van der Waals surface area (Å²) in [6, 6.07) is 9.94. The number of aliphatic hydroxyl groups excluding tert-OH is 1. The summed E-state index contributed by atoms with van der Waals surface area (Å²) in [7, 11) is 0. The lowest BCUT2D eigenvalue weighted by Crippen LogP contribution is -2.60. The van der Waals surface area contributed by atoms with E-state index in [2.05, 4.69) is 15.7 Å². The van der Waals surface area contributed by atoms with Crippen LogP contribution in [0.3, 0.4) is 0 Å². The van der Waals surface area contributed by atoms with Crippen LogP contribution in [0.15, 0.2) is 48.8 Å². The van der Waals surface area contributed by atoms with Gasteiger partial charge in [0.05, 0.1) is 12.6 Å². The van der Waals surface area contributed by atoms with E-state index in [1.54, 1.807) is 23.1 Å². The third kappa shape index (κ3) is 3.23. The molecule has 3 heterocycles. The Hall–Kier alpha value is -2.42. The standard InChI is InChI=1S/C17H20N4O4/c22-15-13(20-17(23)18-9-11-5-2-1-3-6-11)12-10-24-16(25-12)14(15)21-8-4-7-19-21/h1-8,12-16,22H,9-10H2,(H2,18,20,23). The van der Waals surface area contributed by atoms with Gasteiger partial charge < -0.3 is 25.2 Å². The summed E-state index contributed by atoms with van der Waals surface area (Å²) in [4.78, 5) is 12.2. The molecule has 132 valence electrons. The Bertz CT molecular complexity index is 709. The van der Waals surface area contributed by atoms with Crippen molar-refractivity contribution in [3.8, 4) is 0 Å². The van der Waals surface area contributed by atoms with Gasteiger partial charge in [0, 0.05) is 18.9 Å². The number of fused-ring (bicyclic) bond motifs is 2. The molecule has 5 unspecified atom stereocenters. The van der Waals surface area contributed by atoms with Crippen molar-refractivity contribution in [1.29, 1.82) is 0 Å². The first kappa shape index (κ1) is 16.1. The molecule has 2 aliphatic rings. The van der Waals surface area contributed by atoms with Gasteiger partial charge in [-0.25, -0.2) is 4.79 Å². The van der Waals surface area contributed by atoms with Gasteiger partial charge >= 0.3 is 6.03 Å². The maximum absolute atomic E-state index is 12.2. The first-order chi connectivity index (χ1) is 12.2. The molecule has 2 aromatic rings. The number of carbonyl (C=O) groups is 1. The fraction of sp³-hybridized carbons (Fsp3) is 0.412. The van der Waals surface area contributed by atoms with Crippen molar-refractivity contribution in [2.45, 2.75) is 37.1 Å². The number of urea groups is 1. The molecular formula is C17H20N4O4. The van der Waals surface area contributed by atoms with E-state index in [1.165, 1.54) is 0 Å². The lowest BCUT2D eigenvalue weighted by molar-refractivity contribution is -0.166. The number of hydrogen-bond acceptors (Lipinski definition) is 5. The molecule has 1 aromatic carbocycles. The van der Waals surface area contributed by atoms with E-state index in [0.29, 0.717) is 13.2 Å². The molecule has 0 aliphatic carbocycles. The van der Waals surface area contributed by atoms with Crippen molar-refractivity contribution in [2.75, 3.05) is 6.61 Å². The van der Waals surface area contributed by atoms with Gasteiger partial charge in [-0.05, 0) is 11.6 Å². The number of rotatable bonds is 4. The van der Waals surface area contributed by atoms with Crippen molar-refractivity contribution in [3.63, 3.8) is 0 Å². The third-order valence-electron chi connectivity index (χ3n) is 4.55. The van der Waals surface area contributed by atoms with Crippen LogP contribution in [0.2, 0.25) is 0 Å². The van der Waals surface area contributed by atoms with E-state index in [-0.39, 0.29) is 12.1 Å². The second-order valence-electron chi connectivity index (χ2n) is 6.18. The highest BCUT2D eigenvalue weighted by atomic mass is 16.7. The number of ether oxygens (including phenoxy) is 2. The first-order valence-corrected chi connectivity index (χ1v) is 8.25. The van der Waals surface area contributed by atoms with Gasteiger partial charge in [-0.3, -0.25) is 4.68 Å². The predicted molar refractivity (Wildman–Crippen MR) is 87.5 cm³/mol. The van der Waals surface area contributed by atoms with Crippen LogP contribution in [-0.2, 0) is 16.0 Å². The van der Waals surface area contributed by atoms with Crippen molar-refractivity contribution >= 4 is 6.03 Å². The van der Waals surface area contributed by atoms with E-state index < -0.39 is 24.5 Å². The number of benzene rings is 1. The third-order valence-corrected chi connectivity index (χ3v) is 4.55. The van der Waals surface area contributed by atoms with Gasteiger partial charge in [-0.1, -0.05) is 30.3 Å². The minimum Gasteiger partial charge on any atom is -0.388 e. The van der Waals surface area contributed by atoms with E-state index in [1.807, 2.05) is 30.3 Å². The molecule has 1 aromatic heterocycles. The summed E-state index contributed by atoms with van der Waals surface area (Å²) < 4.78 is 13.0.